The van der Waals surface area contributed by atoms with Crippen molar-refractivity contribution in [1.29, 1.82) is 0 Å². The summed E-state index contributed by atoms with van der Waals surface area (Å²) in [5, 5.41) is 0.993. The smallest absolute Gasteiger partial charge is 0.152 e. The molecule has 0 aliphatic carbocycles. The van der Waals surface area contributed by atoms with Crippen molar-refractivity contribution < 1.29 is 0 Å². The van der Waals surface area contributed by atoms with Gasteiger partial charge in [-0.2, -0.15) is 0 Å². The fourth-order valence-electron chi connectivity index (χ4n) is 2.06. The number of nitrogen functional groups attached to an aromatic ring is 1. The van der Waals surface area contributed by atoms with E-state index in [1.807, 2.05) is 12.1 Å². The van der Waals surface area contributed by atoms with Crippen LogP contribution in [0, 0.1) is 0 Å². The van der Waals surface area contributed by atoms with E-state index < -0.39 is 0 Å². The molecule has 3 aromatic heterocycles. The van der Waals surface area contributed by atoms with Crippen LogP contribution in [0.15, 0.2) is 30.6 Å². The lowest BCUT2D eigenvalue weighted by atomic mass is 10.2. The van der Waals surface area contributed by atoms with Crippen LogP contribution in [0.2, 0.25) is 0 Å². The van der Waals surface area contributed by atoms with E-state index in [4.69, 9.17) is 5.84 Å². The third-order valence-electron chi connectivity index (χ3n) is 3.09. The molecule has 0 fully saturated rings. The Balaban J connectivity index is 2.03. The highest BCUT2D eigenvalue weighted by atomic mass is 32.1. The first-order chi connectivity index (χ1) is 9.80. The second-order valence-corrected chi connectivity index (χ2v) is 5.57. The lowest BCUT2D eigenvalue weighted by molar-refractivity contribution is 0.989. The van der Waals surface area contributed by atoms with E-state index in [0.717, 1.165) is 28.0 Å². The van der Waals surface area contributed by atoms with Gasteiger partial charge in [0, 0.05) is 23.7 Å². The maximum atomic E-state index is 5.58. The molecule has 3 heterocycles. The van der Waals surface area contributed by atoms with Crippen LogP contribution < -0.4 is 11.3 Å². The van der Waals surface area contributed by atoms with E-state index in [9.17, 15) is 0 Å². The number of nitrogens with two attached hydrogens (primary N) is 1. The Bertz CT molecular complexity index is 723. The number of thiophene rings is 1. The van der Waals surface area contributed by atoms with Gasteiger partial charge in [-0.3, -0.25) is 4.98 Å². The molecule has 0 amide bonds. The minimum absolute atomic E-state index is 0.673. The number of anilines is 1. The zero-order valence-corrected chi connectivity index (χ0v) is 11.9. The number of rotatable bonds is 4. The number of hydrogen-bond acceptors (Lipinski definition) is 6. The Morgan fingerprint density at radius 3 is 2.75 bits per heavy atom. The van der Waals surface area contributed by atoms with E-state index >= 15 is 0 Å². The standard InChI is InChI=1S/C14H15N5S/c1-2-10-8-11-13(19-15)17-12(18-14(11)20-10)7-9-3-5-16-6-4-9/h3-6,8H,2,7,15H2,1H3,(H,17,18,19). The summed E-state index contributed by atoms with van der Waals surface area (Å²) >= 11 is 1.69. The number of aryl methyl sites for hydroxylation is 1. The Kier molecular flexibility index (Phi) is 3.58. The summed E-state index contributed by atoms with van der Waals surface area (Å²) in [5.74, 6) is 7.04. The topological polar surface area (TPSA) is 76.7 Å². The Morgan fingerprint density at radius 1 is 1.25 bits per heavy atom. The molecule has 3 N–H and O–H groups in total. The lowest BCUT2D eigenvalue weighted by Gasteiger charge is -2.05. The van der Waals surface area contributed by atoms with Gasteiger partial charge in [0.25, 0.3) is 0 Å². The van der Waals surface area contributed by atoms with Crippen molar-refractivity contribution in [2.75, 3.05) is 5.43 Å². The van der Waals surface area contributed by atoms with Gasteiger partial charge in [0.2, 0.25) is 0 Å². The molecule has 102 valence electrons. The maximum Gasteiger partial charge on any atom is 0.152 e. The fourth-order valence-corrected chi connectivity index (χ4v) is 3.05. The highest BCUT2D eigenvalue weighted by Crippen LogP contribution is 2.29. The third-order valence-corrected chi connectivity index (χ3v) is 4.26. The van der Waals surface area contributed by atoms with Gasteiger partial charge in [-0.1, -0.05) is 6.92 Å². The normalized spacial score (nSPS) is 10.9. The van der Waals surface area contributed by atoms with E-state index in [1.54, 1.807) is 23.7 Å². The average molecular weight is 285 g/mol. The molecular formula is C14H15N5S. The van der Waals surface area contributed by atoms with Gasteiger partial charge in [0.1, 0.15) is 10.7 Å². The van der Waals surface area contributed by atoms with Crippen molar-refractivity contribution in [3.05, 3.63) is 46.9 Å². The van der Waals surface area contributed by atoms with E-state index in [0.29, 0.717) is 12.2 Å². The quantitative estimate of drug-likeness (QED) is 0.569. The Hall–Kier alpha value is -2.05. The maximum absolute atomic E-state index is 5.58. The molecule has 0 aliphatic heterocycles. The second kappa shape index (κ2) is 5.52. The Labute approximate surface area is 120 Å². The fraction of sp³-hybridized carbons (Fsp3) is 0.214. The first kappa shape index (κ1) is 13.0. The summed E-state index contributed by atoms with van der Waals surface area (Å²) < 4.78 is 0. The summed E-state index contributed by atoms with van der Waals surface area (Å²) in [4.78, 5) is 15.4. The van der Waals surface area contributed by atoms with Crippen LogP contribution in [0.5, 0.6) is 0 Å². The van der Waals surface area contributed by atoms with Crippen molar-refractivity contribution in [2.24, 2.45) is 5.84 Å². The number of fused-ring (bicyclic) bond motifs is 1. The first-order valence-electron chi connectivity index (χ1n) is 6.45. The van der Waals surface area contributed by atoms with Crippen LogP contribution in [-0.4, -0.2) is 15.0 Å². The van der Waals surface area contributed by atoms with Crippen LogP contribution in [0.4, 0.5) is 5.82 Å². The molecule has 0 saturated heterocycles. The van der Waals surface area contributed by atoms with E-state index in [1.165, 1.54) is 4.88 Å². The molecule has 0 aromatic carbocycles. The second-order valence-electron chi connectivity index (χ2n) is 4.45. The molecule has 3 aromatic rings. The molecule has 0 unspecified atom stereocenters. The van der Waals surface area contributed by atoms with Crippen LogP contribution in [0.1, 0.15) is 23.2 Å². The zero-order chi connectivity index (χ0) is 13.9. The number of pyridine rings is 1. The number of hydrazine groups is 1. The largest absolute Gasteiger partial charge is 0.308 e. The third kappa shape index (κ3) is 2.48. The van der Waals surface area contributed by atoms with Crippen molar-refractivity contribution >= 4 is 27.4 Å². The van der Waals surface area contributed by atoms with Gasteiger partial charge in [0.05, 0.1) is 5.39 Å². The molecule has 3 rings (SSSR count). The molecule has 5 nitrogen and oxygen atoms in total. The van der Waals surface area contributed by atoms with Gasteiger partial charge in [-0.15, -0.1) is 11.3 Å². The van der Waals surface area contributed by atoms with Crippen LogP contribution in [0.25, 0.3) is 10.2 Å². The number of nitrogens with one attached hydrogen (secondary N) is 1. The zero-order valence-electron chi connectivity index (χ0n) is 11.1. The summed E-state index contributed by atoms with van der Waals surface area (Å²) in [7, 11) is 0. The van der Waals surface area contributed by atoms with Gasteiger partial charge in [0.15, 0.2) is 5.82 Å². The number of nitrogens with zero attached hydrogens (tertiary/aromatic N) is 3. The highest BCUT2D eigenvalue weighted by molar-refractivity contribution is 7.18. The predicted molar refractivity (Wildman–Crippen MR) is 81.6 cm³/mol. The minimum Gasteiger partial charge on any atom is -0.308 e. The molecule has 0 spiro atoms. The lowest BCUT2D eigenvalue weighted by Crippen LogP contribution is -2.10. The summed E-state index contributed by atoms with van der Waals surface area (Å²) in [6.45, 7) is 2.13. The van der Waals surface area contributed by atoms with Gasteiger partial charge >= 0.3 is 0 Å². The minimum atomic E-state index is 0.673. The molecular weight excluding hydrogens is 270 g/mol. The molecule has 0 aliphatic rings. The van der Waals surface area contributed by atoms with Gasteiger partial charge < -0.3 is 5.43 Å². The van der Waals surface area contributed by atoms with Crippen LogP contribution in [-0.2, 0) is 12.8 Å². The van der Waals surface area contributed by atoms with Crippen molar-refractivity contribution in [1.82, 2.24) is 15.0 Å². The summed E-state index contributed by atoms with van der Waals surface area (Å²) in [6, 6.07) is 6.04. The van der Waals surface area contributed by atoms with Crippen LogP contribution >= 0.6 is 11.3 Å². The Morgan fingerprint density at radius 2 is 2.05 bits per heavy atom. The SMILES string of the molecule is CCc1cc2c(NN)nc(Cc3ccncc3)nc2s1. The van der Waals surface area contributed by atoms with Crippen molar-refractivity contribution in [3.8, 4) is 0 Å². The monoisotopic (exact) mass is 285 g/mol. The van der Waals surface area contributed by atoms with Gasteiger partial charge in [-0.25, -0.2) is 15.8 Å². The van der Waals surface area contributed by atoms with Crippen molar-refractivity contribution in [2.45, 2.75) is 19.8 Å². The molecule has 20 heavy (non-hydrogen) atoms. The predicted octanol–water partition coefficient (Wildman–Crippen LogP) is 2.53. The highest BCUT2D eigenvalue weighted by Gasteiger charge is 2.11. The van der Waals surface area contributed by atoms with Gasteiger partial charge in [-0.05, 0) is 30.2 Å². The van der Waals surface area contributed by atoms with Crippen LogP contribution in [0.3, 0.4) is 0 Å². The molecule has 0 radical (unpaired) electrons. The molecule has 0 atom stereocenters. The number of aromatic nitrogens is 3. The van der Waals surface area contributed by atoms with E-state index in [-0.39, 0.29) is 0 Å². The summed E-state index contributed by atoms with van der Waals surface area (Å²) in [5.41, 5.74) is 3.81. The molecule has 0 bridgehead atoms. The average Bonchev–Trinajstić information content (AvgIpc) is 2.90. The first-order valence-corrected chi connectivity index (χ1v) is 7.26. The van der Waals surface area contributed by atoms with Crippen molar-refractivity contribution in [3.63, 3.8) is 0 Å². The molecule has 0 saturated carbocycles. The summed E-state index contributed by atoms with van der Waals surface area (Å²) in [6.07, 6.45) is 5.21. The molecule has 6 heteroatoms. The number of hydrogen-bond donors (Lipinski definition) is 2. The van der Waals surface area contributed by atoms with E-state index in [2.05, 4.69) is 33.4 Å².